The summed E-state index contributed by atoms with van der Waals surface area (Å²) in [7, 11) is 0. The summed E-state index contributed by atoms with van der Waals surface area (Å²) in [5.74, 6) is 0.208. The van der Waals surface area contributed by atoms with Crippen molar-refractivity contribution in [3.63, 3.8) is 0 Å². The summed E-state index contributed by atoms with van der Waals surface area (Å²) in [6.07, 6.45) is 0. The van der Waals surface area contributed by atoms with Crippen molar-refractivity contribution in [2.24, 2.45) is 0 Å². The van der Waals surface area contributed by atoms with Gasteiger partial charge >= 0.3 is 0 Å². The Kier molecular flexibility index (Phi) is 4.24. The average Bonchev–Trinajstić information content (AvgIpc) is 2.39. The van der Waals surface area contributed by atoms with Crippen molar-refractivity contribution < 1.29 is 10.0 Å². The average molecular weight is 337 g/mol. The van der Waals surface area contributed by atoms with Gasteiger partial charge in [0.2, 0.25) is 0 Å². The topological polar surface area (TPSA) is 75.4 Å². The van der Waals surface area contributed by atoms with Gasteiger partial charge in [0.15, 0.2) is 0 Å². The second kappa shape index (κ2) is 5.92. The quantitative estimate of drug-likeness (QED) is 0.654. The predicted molar refractivity (Wildman–Crippen MR) is 81.0 cm³/mol. The second-order valence-electron chi connectivity index (χ2n) is 4.38. The zero-order valence-corrected chi connectivity index (χ0v) is 12.3. The van der Waals surface area contributed by atoms with Gasteiger partial charge in [0.05, 0.1) is 4.92 Å². The van der Waals surface area contributed by atoms with E-state index in [1.807, 2.05) is 6.07 Å². The third-order valence-corrected chi connectivity index (χ3v) is 3.41. The van der Waals surface area contributed by atoms with E-state index in [0.29, 0.717) is 12.1 Å². The van der Waals surface area contributed by atoms with Gasteiger partial charge in [-0.2, -0.15) is 0 Å². The third-order valence-electron chi connectivity index (χ3n) is 2.92. The normalized spacial score (nSPS) is 10.3. The van der Waals surface area contributed by atoms with Crippen molar-refractivity contribution in [1.29, 1.82) is 0 Å². The summed E-state index contributed by atoms with van der Waals surface area (Å²) in [4.78, 5) is 10.3. The molecule has 0 saturated heterocycles. The molecule has 2 aromatic rings. The minimum atomic E-state index is -0.404. The lowest BCUT2D eigenvalue weighted by Gasteiger charge is -2.09. The minimum Gasteiger partial charge on any atom is -0.508 e. The number of anilines is 1. The van der Waals surface area contributed by atoms with Crippen LogP contribution < -0.4 is 5.32 Å². The summed E-state index contributed by atoms with van der Waals surface area (Å²) in [6.45, 7) is 2.13. The third kappa shape index (κ3) is 3.27. The van der Waals surface area contributed by atoms with Crippen molar-refractivity contribution in [1.82, 2.24) is 0 Å². The molecule has 2 rings (SSSR count). The molecule has 0 amide bonds. The lowest BCUT2D eigenvalue weighted by atomic mass is 10.1. The van der Waals surface area contributed by atoms with Crippen LogP contribution in [0.4, 0.5) is 11.4 Å². The number of aryl methyl sites for hydroxylation is 1. The van der Waals surface area contributed by atoms with E-state index < -0.39 is 4.92 Å². The van der Waals surface area contributed by atoms with Crippen LogP contribution >= 0.6 is 15.9 Å². The van der Waals surface area contributed by atoms with Crippen LogP contribution in [0.1, 0.15) is 11.1 Å². The molecule has 0 heterocycles. The van der Waals surface area contributed by atoms with E-state index in [9.17, 15) is 15.2 Å². The Morgan fingerprint density at radius 2 is 2.05 bits per heavy atom. The maximum absolute atomic E-state index is 10.7. The standard InChI is InChI=1S/C14H13BrN2O3/c1-9-6-12(3-4-13(9)17(19)20)16-8-10-7-11(15)2-5-14(10)18/h2-7,16,18H,8H2,1H3. The summed E-state index contributed by atoms with van der Waals surface area (Å²) < 4.78 is 0.881. The Labute approximate surface area is 124 Å². The maximum Gasteiger partial charge on any atom is 0.272 e. The molecule has 0 saturated carbocycles. The Hall–Kier alpha value is -2.08. The van der Waals surface area contributed by atoms with Crippen LogP contribution in [0.2, 0.25) is 0 Å². The number of phenolic OH excluding ortho intramolecular Hbond substituents is 1. The molecule has 0 spiro atoms. The number of rotatable bonds is 4. The fraction of sp³-hybridized carbons (Fsp3) is 0.143. The Morgan fingerprint density at radius 3 is 2.70 bits per heavy atom. The molecule has 0 radical (unpaired) electrons. The number of nitro groups is 1. The van der Waals surface area contributed by atoms with Crippen LogP contribution in [-0.2, 0) is 6.54 Å². The lowest BCUT2D eigenvalue weighted by molar-refractivity contribution is -0.385. The molecule has 0 atom stereocenters. The van der Waals surface area contributed by atoms with E-state index >= 15 is 0 Å². The van der Waals surface area contributed by atoms with E-state index in [0.717, 1.165) is 15.7 Å². The van der Waals surface area contributed by atoms with Crippen LogP contribution in [0.3, 0.4) is 0 Å². The molecule has 0 aromatic heterocycles. The van der Waals surface area contributed by atoms with Crippen LogP contribution in [0.25, 0.3) is 0 Å². The maximum atomic E-state index is 10.7. The number of hydrogen-bond donors (Lipinski definition) is 2. The highest BCUT2D eigenvalue weighted by atomic mass is 79.9. The lowest BCUT2D eigenvalue weighted by Crippen LogP contribution is -2.01. The number of halogens is 1. The first-order valence-corrected chi connectivity index (χ1v) is 6.73. The van der Waals surface area contributed by atoms with Crippen molar-refractivity contribution in [2.75, 3.05) is 5.32 Å². The van der Waals surface area contributed by atoms with Crippen molar-refractivity contribution in [3.05, 3.63) is 62.1 Å². The highest BCUT2D eigenvalue weighted by Gasteiger charge is 2.10. The number of nitrogens with zero attached hydrogens (tertiary/aromatic N) is 1. The molecule has 0 aliphatic carbocycles. The molecule has 0 bridgehead atoms. The molecule has 6 heteroatoms. The van der Waals surface area contributed by atoms with Gasteiger partial charge in [-0.25, -0.2) is 0 Å². The molecule has 104 valence electrons. The first-order valence-electron chi connectivity index (χ1n) is 5.93. The van der Waals surface area contributed by atoms with E-state index in [-0.39, 0.29) is 11.4 Å². The number of nitrogens with one attached hydrogen (secondary N) is 1. The Bertz CT molecular complexity index is 659. The van der Waals surface area contributed by atoms with E-state index in [4.69, 9.17) is 0 Å². The number of phenols is 1. The van der Waals surface area contributed by atoms with Gasteiger partial charge in [0.25, 0.3) is 5.69 Å². The molecule has 2 N–H and O–H groups in total. The molecule has 2 aromatic carbocycles. The van der Waals surface area contributed by atoms with Crippen molar-refractivity contribution >= 4 is 27.3 Å². The Morgan fingerprint density at radius 1 is 1.30 bits per heavy atom. The first-order chi connectivity index (χ1) is 9.47. The van der Waals surface area contributed by atoms with Gasteiger partial charge in [0, 0.05) is 33.9 Å². The van der Waals surface area contributed by atoms with Crippen LogP contribution in [0.15, 0.2) is 40.9 Å². The van der Waals surface area contributed by atoms with Gasteiger partial charge in [-0.1, -0.05) is 15.9 Å². The number of nitro benzene ring substituents is 1. The van der Waals surface area contributed by atoms with E-state index in [2.05, 4.69) is 21.2 Å². The van der Waals surface area contributed by atoms with Crippen LogP contribution in [-0.4, -0.2) is 10.0 Å². The molecule has 20 heavy (non-hydrogen) atoms. The second-order valence-corrected chi connectivity index (χ2v) is 5.30. The number of benzene rings is 2. The molecule has 0 aliphatic heterocycles. The monoisotopic (exact) mass is 336 g/mol. The van der Waals surface area contributed by atoms with Crippen molar-refractivity contribution in [2.45, 2.75) is 13.5 Å². The summed E-state index contributed by atoms with van der Waals surface area (Å²) >= 11 is 3.35. The van der Waals surface area contributed by atoms with Crippen LogP contribution in [0, 0.1) is 17.0 Å². The van der Waals surface area contributed by atoms with E-state index in [1.165, 1.54) is 6.07 Å². The molecule has 0 aliphatic rings. The Balaban J connectivity index is 2.13. The summed E-state index contributed by atoms with van der Waals surface area (Å²) in [5.41, 5.74) is 2.21. The number of hydrogen-bond acceptors (Lipinski definition) is 4. The number of aromatic hydroxyl groups is 1. The zero-order chi connectivity index (χ0) is 14.7. The first kappa shape index (κ1) is 14.3. The molecule has 0 unspecified atom stereocenters. The fourth-order valence-corrected chi connectivity index (χ4v) is 2.27. The summed E-state index contributed by atoms with van der Waals surface area (Å²) in [6, 6.07) is 10.0. The molecule has 5 nitrogen and oxygen atoms in total. The van der Waals surface area contributed by atoms with Gasteiger partial charge < -0.3 is 10.4 Å². The van der Waals surface area contributed by atoms with Gasteiger partial charge in [-0.05, 0) is 37.3 Å². The van der Waals surface area contributed by atoms with E-state index in [1.54, 1.807) is 31.2 Å². The molecule has 0 fully saturated rings. The van der Waals surface area contributed by atoms with Crippen LogP contribution in [0.5, 0.6) is 5.75 Å². The molecular weight excluding hydrogens is 324 g/mol. The summed E-state index contributed by atoms with van der Waals surface area (Å²) in [5, 5.41) is 23.6. The fourth-order valence-electron chi connectivity index (χ4n) is 1.86. The zero-order valence-electron chi connectivity index (χ0n) is 10.8. The van der Waals surface area contributed by atoms with Gasteiger partial charge in [-0.3, -0.25) is 10.1 Å². The minimum absolute atomic E-state index is 0.0980. The molecular formula is C14H13BrN2O3. The highest BCUT2D eigenvalue weighted by molar-refractivity contribution is 9.10. The smallest absolute Gasteiger partial charge is 0.272 e. The highest BCUT2D eigenvalue weighted by Crippen LogP contribution is 2.25. The van der Waals surface area contributed by atoms with Crippen molar-refractivity contribution in [3.8, 4) is 5.75 Å². The SMILES string of the molecule is Cc1cc(NCc2cc(Br)ccc2O)ccc1[N+](=O)[O-]. The van der Waals surface area contributed by atoms with Gasteiger partial charge in [0.1, 0.15) is 5.75 Å². The van der Waals surface area contributed by atoms with Gasteiger partial charge in [-0.15, -0.1) is 0 Å². The predicted octanol–water partition coefficient (Wildman–Crippen LogP) is 3.98. The largest absolute Gasteiger partial charge is 0.508 e.